The minimum absolute atomic E-state index is 0.0418. The van der Waals surface area contributed by atoms with Crippen LogP contribution >= 0.6 is 0 Å². The standard InChI is InChI=1S/C19H25N3O4/c1-12(2)10-15-19(25)22-9-8-21(11-16(22)17(23)20-15)18(24)13-4-6-14(26-3)7-5-13/h4-7,12,15-16H,8-11H2,1-3H3,(H,20,23)/t15-,16-/m1/s1. The normalized spacial score (nSPS) is 22.9. The number of carbonyl (C=O) groups is 3. The number of ether oxygens (including phenoxy) is 1. The average Bonchev–Trinajstić information content (AvgIpc) is 2.64. The van der Waals surface area contributed by atoms with Crippen LogP contribution in [0.15, 0.2) is 24.3 Å². The largest absolute Gasteiger partial charge is 0.497 e. The van der Waals surface area contributed by atoms with Crippen LogP contribution in [0.25, 0.3) is 0 Å². The molecule has 2 aliphatic heterocycles. The maximum Gasteiger partial charge on any atom is 0.254 e. The lowest BCUT2D eigenvalue weighted by Crippen LogP contribution is -2.69. The van der Waals surface area contributed by atoms with Gasteiger partial charge in [-0.25, -0.2) is 0 Å². The number of carbonyl (C=O) groups excluding carboxylic acids is 3. The zero-order chi connectivity index (χ0) is 18.8. The summed E-state index contributed by atoms with van der Waals surface area (Å²) < 4.78 is 5.11. The third-order valence-corrected chi connectivity index (χ3v) is 4.91. The van der Waals surface area contributed by atoms with Crippen LogP contribution in [0.1, 0.15) is 30.6 Å². The van der Waals surface area contributed by atoms with Crippen molar-refractivity contribution < 1.29 is 19.1 Å². The molecule has 0 unspecified atom stereocenters. The fourth-order valence-corrected chi connectivity index (χ4v) is 3.53. The van der Waals surface area contributed by atoms with Gasteiger partial charge in [0.15, 0.2) is 0 Å². The van der Waals surface area contributed by atoms with Gasteiger partial charge in [0.25, 0.3) is 5.91 Å². The number of nitrogens with one attached hydrogen (secondary N) is 1. The minimum atomic E-state index is -0.609. The quantitative estimate of drug-likeness (QED) is 0.866. The van der Waals surface area contributed by atoms with E-state index in [0.29, 0.717) is 36.7 Å². The van der Waals surface area contributed by atoms with Crippen LogP contribution in [0.3, 0.4) is 0 Å². The van der Waals surface area contributed by atoms with Crippen LogP contribution in [-0.4, -0.2) is 66.3 Å². The zero-order valence-corrected chi connectivity index (χ0v) is 15.4. The molecule has 0 radical (unpaired) electrons. The molecule has 2 aliphatic rings. The van der Waals surface area contributed by atoms with E-state index in [1.807, 2.05) is 13.8 Å². The predicted octanol–water partition coefficient (Wildman–Crippen LogP) is 0.893. The molecule has 7 heteroatoms. The highest BCUT2D eigenvalue weighted by Gasteiger charge is 2.44. The van der Waals surface area contributed by atoms with Crippen molar-refractivity contribution in [1.29, 1.82) is 0 Å². The van der Waals surface area contributed by atoms with Gasteiger partial charge in [0, 0.05) is 18.7 Å². The summed E-state index contributed by atoms with van der Waals surface area (Å²) in [6.45, 7) is 5.08. The lowest BCUT2D eigenvalue weighted by Gasteiger charge is -2.45. The Balaban J connectivity index is 1.70. The molecule has 1 N–H and O–H groups in total. The van der Waals surface area contributed by atoms with Crippen molar-refractivity contribution in [1.82, 2.24) is 15.1 Å². The van der Waals surface area contributed by atoms with Gasteiger partial charge in [-0.1, -0.05) is 13.8 Å². The SMILES string of the molecule is COc1ccc(C(=O)N2CCN3C(=O)[C@@H](CC(C)C)NC(=O)[C@H]3C2)cc1. The van der Waals surface area contributed by atoms with Crippen LogP contribution < -0.4 is 10.1 Å². The van der Waals surface area contributed by atoms with Crippen molar-refractivity contribution >= 4 is 17.7 Å². The molecular weight excluding hydrogens is 334 g/mol. The van der Waals surface area contributed by atoms with E-state index in [9.17, 15) is 14.4 Å². The number of benzene rings is 1. The fraction of sp³-hybridized carbons (Fsp3) is 0.526. The van der Waals surface area contributed by atoms with Crippen LogP contribution in [0, 0.1) is 5.92 Å². The van der Waals surface area contributed by atoms with Gasteiger partial charge in [0.05, 0.1) is 13.7 Å². The Kier molecular flexibility index (Phi) is 5.15. The molecule has 0 spiro atoms. The van der Waals surface area contributed by atoms with E-state index < -0.39 is 12.1 Å². The number of nitrogens with zero attached hydrogens (tertiary/aromatic N) is 2. The molecule has 3 amide bonds. The van der Waals surface area contributed by atoms with E-state index >= 15 is 0 Å². The molecule has 7 nitrogen and oxygen atoms in total. The maximum absolute atomic E-state index is 12.7. The summed E-state index contributed by atoms with van der Waals surface area (Å²) in [6.07, 6.45) is 0.627. The topological polar surface area (TPSA) is 79.0 Å². The van der Waals surface area contributed by atoms with Crippen LogP contribution in [0.4, 0.5) is 0 Å². The van der Waals surface area contributed by atoms with Crippen molar-refractivity contribution in [3.63, 3.8) is 0 Å². The van der Waals surface area contributed by atoms with Gasteiger partial charge in [0.1, 0.15) is 17.8 Å². The van der Waals surface area contributed by atoms with Crippen LogP contribution in [0.2, 0.25) is 0 Å². The Morgan fingerprint density at radius 3 is 2.54 bits per heavy atom. The first-order chi connectivity index (χ1) is 12.4. The number of hydrogen-bond donors (Lipinski definition) is 1. The van der Waals surface area contributed by atoms with E-state index in [0.717, 1.165) is 0 Å². The average molecular weight is 359 g/mol. The predicted molar refractivity (Wildman–Crippen MR) is 95.8 cm³/mol. The number of piperazine rings is 2. The number of hydrogen-bond acceptors (Lipinski definition) is 4. The molecule has 1 aromatic rings. The summed E-state index contributed by atoms with van der Waals surface area (Å²) in [6, 6.07) is 5.81. The van der Waals surface area contributed by atoms with E-state index in [4.69, 9.17) is 4.74 Å². The highest BCUT2D eigenvalue weighted by Crippen LogP contribution is 2.21. The van der Waals surface area contributed by atoms with Crippen molar-refractivity contribution in [2.45, 2.75) is 32.4 Å². The molecule has 0 saturated carbocycles. The lowest BCUT2D eigenvalue weighted by atomic mass is 9.97. The first-order valence-corrected chi connectivity index (χ1v) is 8.95. The third-order valence-electron chi connectivity index (χ3n) is 4.91. The number of rotatable bonds is 4. The van der Waals surface area contributed by atoms with Gasteiger partial charge in [-0.2, -0.15) is 0 Å². The highest BCUT2D eigenvalue weighted by atomic mass is 16.5. The fourth-order valence-electron chi connectivity index (χ4n) is 3.53. The monoisotopic (exact) mass is 359 g/mol. The zero-order valence-electron chi connectivity index (χ0n) is 15.4. The van der Waals surface area contributed by atoms with Gasteiger partial charge < -0.3 is 19.9 Å². The second kappa shape index (κ2) is 7.35. The van der Waals surface area contributed by atoms with Crippen LogP contribution in [-0.2, 0) is 9.59 Å². The second-order valence-corrected chi connectivity index (χ2v) is 7.22. The van der Waals surface area contributed by atoms with Gasteiger partial charge in [-0.3, -0.25) is 14.4 Å². The molecular formula is C19H25N3O4. The van der Waals surface area contributed by atoms with Gasteiger partial charge >= 0.3 is 0 Å². The summed E-state index contributed by atoms with van der Waals surface area (Å²) in [4.78, 5) is 41.1. The third kappa shape index (κ3) is 3.52. The summed E-state index contributed by atoms with van der Waals surface area (Å²) in [5.41, 5.74) is 0.541. The molecule has 1 aromatic carbocycles. The highest BCUT2D eigenvalue weighted by molar-refractivity contribution is 5.99. The molecule has 0 aliphatic carbocycles. The van der Waals surface area contributed by atoms with Crippen molar-refractivity contribution in [3.8, 4) is 5.75 Å². The Bertz CT molecular complexity index is 701. The summed E-state index contributed by atoms with van der Waals surface area (Å²) in [7, 11) is 1.57. The minimum Gasteiger partial charge on any atom is -0.497 e. The summed E-state index contributed by atoms with van der Waals surface area (Å²) in [5, 5.41) is 2.83. The molecule has 140 valence electrons. The molecule has 0 bridgehead atoms. The molecule has 2 saturated heterocycles. The Hall–Kier alpha value is -2.57. The molecule has 2 fully saturated rings. The lowest BCUT2D eigenvalue weighted by molar-refractivity contribution is -0.152. The van der Waals surface area contributed by atoms with E-state index in [-0.39, 0.29) is 24.3 Å². The molecule has 26 heavy (non-hydrogen) atoms. The number of fused-ring (bicyclic) bond motifs is 1. The Morgan fingerprint density at radius 2 is 1.92 bits per heavy atom. The second-order valence-electron chi connectivity index (χ2n) is 7.22. The van der Waals surface area contributed by atoms with E-state index in [1.54, 1.807) is 41.2 Å². The van der Waals surface area contributed by atoms with Crippen molar-refractivity contribution in [3.05, 3.63) is 29.8 Å². The summed E-state index contributed by atoms with van der Waals surface area (Å²) >= 11 is 0. The van der Waals surface area contributed by atoms with E-state index in [2.05, 4.69) is 5.32 Å². The summed E-state index contributed by atoms with van der Waals surface area (Å²) in [5.74, 6) is 0.637. The molecule has 2 atom stereocenters. The molecule has 0 aromatic heterocycles. The first kappa shape index (κ1) is 18.2. The van der Waals surface area contributed by atoms with Gasteiger partial charge in [0.2, 0.25) is 11.8 Å². The van der Waals surface area contributed by atoms with Crippen LogP contribution in [0.5, 0.6) is 5.75 Å². The molecule has 2 heterocycles. The van der Waals surface area contributed by atoms with E-state index in [1.165, 1.54) is 0 Å². The molecule has 3 rings (SSSR count). The van der Waals surface area contributed by atoms with Crippen molar-refractivity contribution in [2.75, 3.05) is 26.7 Å². The number of methoxy groups -OCH3 is 1. The van der Waals surface area contributed by atoms with Gasteiger partial charge in [-0.15, -0.1) is 0 Å². The van der Waals surface area contributed by atoms with Gasteiger partial charge in [-0.05, 0) is 36.6 Å². The Morgan fingerprint density at radius 1 is 1.23 bits per heavy atom. The van der Waals surface area contributed by atoms with Crippen molar-refractivity contribution in [2.24, 2.45) is 5.92 Å². The smallest absolute Gasteiger partial charge is 0.254 e. The Labute approximate surface area is 153 Å². The maximum atomic E-state index is 12.7. The first-order valence-electron chi connectivity index (χ1n) is 8.95. The number of amides is 3.